The molecule has 1 unspecified atom stereocenters. The fourth-order valence-corrected chi connectivity index (χ4v) is 5.15. The van der Waals surface area contributed by atoms with Crippen molar-refractivity contribution in [2.24, 2.45) is 0 Å². The average molecular weight is 385 g/mol. The minimum absolute atomic E-state index is 0.112. The zero-order chi connectivity index (χ0) is 18.5. The van der Waals surface area contributed by atoms with Gasteiger partial charge < -0.3 is 10.2 Å². The monoisotopic (exact) mass is 384 g/mol. The molecule has 1 saturated heterocycles. The Morgan fingerprint density at radius 1 is 1.07 bits per heavy atom. The number of carbonyl (C=O) groups excluding carboxylic acids is 1. The van der Waals surface area contributed by atoms with Gasteiger partial charge in [0.1, 0.15) is 10.0 Å². The molecule has 144 valence electrons. The number of likely N-dealkylation sites (tertiary alicyclic amines) is 1. The van der Waals surface area contributed by atoms with Crippen LogP contribution in [0.5, 0.6) is 0 Å². The van der Waals surface area contributed by atoms with E-state index in [0.717, 1.165) is 55.2 Å². The Labute approximate surface area is 165 Å². The SMILES string of the molecule is O=C(NC1CCCCC1)N1CCCC(c2nnc(Cc3ccccc3)s2)C1. The van der Waals surface area contributed by atoms with Crippen molar-refractivity contribution >= 4 is 17.4 Å². The van der Waals surface area contributed by atoms with Gasteiger partial charge in [-0.3, -0.25) is 0 Å². The van der Waals surface area contributed by atoms with Gasteiger partial charge in [-0.2, -0.15) is 0 Å². The van der Waals surface area contributed by atoms with E-state index in [1.807, 2.05) is 11.0 Å². The van der Waals surface area contributed by atoms with E-state index < -0.39 is 0 Å². The van der Waals surface area contributed by atoms with Crippen molar-refractivity contribution in [3.63, 3.8) is 0 Å². The summed E-state index contributed by atoms with van der Waals surface area (Å²) in [5.74, 6) is 0.317. The number of urea groups is 1. The molecule has 1 saturated carbocycles. The van der Waals surface area contributed by atoms with Crippen LogP contribution in [-0.2, 0) is 6.42 Å². The molecule has 2 aromatic rings. The third-order valence-electron chi connectivity index (χ3n) is 5.67. The predicted molar refractivity (Wildman–Crippen MR) is 108 cm³/mol. The maximum atomic E-state index is 12.7. The molecule has 2 amide bonds. The third-order valence-corrected chi connectivity index (χ3v) is 6.76. The van der Waals surface area contributed by atoms with Gasteiger partial charge in [-0.1, -0.05) is 49.6 Å². The summed E-state index contributed by atoms with van der Waals surface area (Å²) in [4.78, 5) is 14.7. The van der Waals surface area contributed by atoms with Crippen LogP contribution < -0.4 is 5.32 Å². The molecule has 0 radical (unpaired) electrons. The molecule has 2 fully saturated rings. The lowest BCUT2D eigenvalue weighted by Crippen LogP contribution is -2.48. The van der Waals surface area contributed by atoms with Gasteiger partial charge in [0.05, 0.1) is 0 Å². The molecule has 4 rings (SSSR count). The molecule has 0 bridgehead atoms. The third kappa shape index (κ3) is 4.86. The number of benzene rings is 1. The highest BCUT2D eigenvalue weighted by atomic mass is 32.1. The Morgan fingerprint density at radius 2 is 1.89 bits per heavy atom. The summed E-state index contributed by atoms with van der Waals surface area (Å²) in [6.45, 7) is 1.61. The molecule has 1 N–H and O–H groups in total. The van der Waals surface area contributed by atoms with Crippen molar-refractivity contribution in [1.82, 2.24) is 20.4 Å². The number of piperidine rings is 1. The minimum atomic E-state index is 0.112. The Hall–Kier alpha value is -1.95. The van der Waals surface area contributed by atoms with Crippen LogP contribution in [0.4, 0.5) is 4.79 Å². The maximum absolute atomic E-state index is 12.7. The largest absolute Gasteiger partial charge is 0.335 e. The van der Waals surface area contributed by atoms with Crippen molar-refractivity contribution in [2.45, 2.75) is 63.3 Å². The molecular weight excluding hydrogens is 356 g/mol. The number of amides is 2. The molecule has 1 aromatic carbocycles. The van der Waals surface area contributed by atoms with Crippen LogP contribution in [-0.4, -0.2) is 40.3 Å². The number of hydrogen-bond acceptors (Lipinski definition) is 4. The Morgan fingerprint density at radius 3 is 2.70 bits per heavy atom. The summed E-state index contributed by atoms with van der Waals surface area (Å²) in [7, 11) is 0. The van der Waals surface area contributed by atoms with Crippen LogP contribution in [0.15, 0.2) is 30.3 Å². The smallest absolute Gasteiger partial charge is 0.317 e. The number of aromatic nitrogens is 2. The first-order valence-corrected chi connectivity index (χ1v) is 11.0. The number of rotatable bonds is 4. The molecule has 2 aliphatic rings. The van der Waals surface area contributed by atoms with E-state index in [9.17, 15) is 4.79 Å². The number of nitrogens with zero attached hydrogens (tertiary/aromatic N) is 3. The van der Waals surface area contributed by atoms with Crippen LogP contribution in [0, 0.1) is 0 Å². The average Bonchev–Trinajstić information content (AvgIpc) is 3.18. The number of carbonyl (C=O) groups is 1. The van der Waals surface area contributed by atoms with Crippen molar-refractivity contribution in [1.29, 1.82) is 0 Å². The Balaban J connectivity index is 1.34. The van der Waals surface area contributed by atoms with Crippen LogP contribution >= 0.6 is 11.3 Å². The van der Waals surface area contributed by atoms with Gasteiger partial charge in [0.2, 0.25) is 0 Å². The second-order valence-corrected chi connectivity index (χ2v) is 8.86. The fourth-order valence-electron chi connectivity index (χ4n) is 4.15. The van der Waals surface area contributed by atoms with Gasteiger partial charge in [-0.25, -0.2) is 4.79 Å². The van der Waals surface area contributed by atoms with Gasteiger partial charge in [-0.05, 0) is 31.2 Å². The van der Waals surface area contributed by atoms with Crippen LogP contribution in [0.3, 0.4) is 0 Å². The predicted octanol–water partition coefficient (Wildman–Crippen LogP) is 4.35. The number of hydrogen-bond donors (Lipinski definition) is 1. The first-order chi connectivity index (χ1) is 13.3. The molecule has 5 nitrogen and oxygen atoms in total. The summed E-state index contributed by atoms with van der Waals surface area (Å²) in [5, 5.41) is 14.2. The van der Waals surface area contributed by atoms with Gasteiger partial charge in [0.15, 0.2) is 0 Å². The van der Waals surface area contributed by atoms with Crippen molar-refractivity contribution in [3.05, 3.63) is 45.9 Å². The molecule has 1 atom stereocenters. The molecular formula is C21H28N4OS. The van der Waals surface area contributed by atoms with Crippen LogP contribution in [0.1, 0.15) is 66.4 Å². The summed E-state index contributed by atoms with van der Waals surface area (Å²) in [6, 6.07) is 10.9. The van der Waals surface area contributed by atoms with E-state index >= 15 is 0 Å². The van der Waals surface area contributed by atoms with Gasteiger partial charge in [0, 0.05) is 31.5 Å². The van der Waals surface area contributed by atoms with E-state index in [0.29, 0.717) is 12.0 Å². The van der Waals surface area contributed by atoms with E-state index in [1.165, 1.54) is 24.8 Å². The highest BCUT2D eigenvalue weighted by molar-refractivity contribution is 7.11. The molecule has 6 heteroatoms. The summed E-state index contributed by atoms with van der Waals surface area (Å²) in [6.07, 6.45) is 9.00. The van der Waals surface area contributed by atoms with E-state index in [-0.39, 0.29) is 6.03 Å². The first kappa shape index (κ1) is 18.4. The van der Waals surface area contributed by atoms with Crippen molar-refractivity contribution < 1.29 is 4.79 Å². The lowest BCUT2D eigenvalue weighted by Gasteiger charge is -2.33. The maximum Gasteiger partial charge on any atom is 0.317 e. The van der Waals surface area contributed by atoms with E-state index in [4.69, 9.17) is 0 Å². The number of nitrogens with one attached hydrogen (secondary N) is 1. The Kier molecular flexibility index (Phi) is 6.02. The summed E-state index contributed by atoms with van der Waals surface area (Å²) in [5.41, 5.74) is 1.26. The van der Waals surface area contributed by atoms with Crippen molar-refractivity contribution in [3.8, 4) is 0 Å². The highest BCUT2D eigenvalue weighted by Gasteiger charge is 2.28. The molecule has 2 heterocycles. The first-order valence-electron chi connectivity index (χ1n) is 10.2. The van der Waals surface area contributed by atoms with Crippen LogP contribution in [0.2, 0.25) is 0 Å². The topological polar surface area (TPSA) is 58.1 Å². The fraction of sp³-hybridized carbons (Fsp3) is 0.571. The lowest BCUT2D eigenvalue weighted by molar-refractivity contribution is 0.172. The minimum Gasteiger partial charge on any atom is -0.335 e. The van der Waals surface area contributed by atoms with Crippen molar-refractivity contribution in [2.75, 3.05) is 13.1 Å². The van der Waals surface area contributed by atoms with E-state index in [1.54, 1.807) is 11.3 Å². The summed E-state index contributed by atoms with van der Waals surface area (Å²) >= 11 is 1.70. The summed E-state index contributed by atoms with van der Waals surface area (Å²) < 4.78 is 0. The normalized spacial score (nSPS) is 21.2. The lowest BCUT2D eigenvalue weighted by atomic mass is 9.95. The van der Waals surface area contributed by atoms with Gasteiger partial charge in [-0.15, -0.1) is 21.5 Å². The molecule has 1 aromatic heterocycles. The molecule has 0 spiro atoms. The Bertz CT molecular complexity index is 742. The highest BCUT2D eigenvalue weighted by Crippen LogP contribution is 2.30. The van der Waals surface area contributed by atoms with Gasteiger partial charge >= 0.3 is 6.03 Å². The molecule has 27 heavy (non-hydrogen) atoms. The second kappa shape index (κ2) is 8.83. The quantitative estimate of drug-likeness (QED) is 0.852. The molecule has 1 aliphatic heterocycles. The van der Waals surface area contributed by atoms with Crippen LogP contribution in [0.25, 0.3) is 0 Å². The standard InChI is InChI=1S/C21H28N4OS/c26-21(22-18-11-5-2-6-12-18)25-13-7-10-17(15-25)20-24-23-19(27-20)14-16-8-3-1-4-9-16/h1,3-4,8-9,17-18H,2,5-7,10-15H2,(H,22,26). The van der Waals surface area contributed by atoms with E-state index in [2.05, 4.69) is 39.8 Å². The second-order valence-electron chi connectivity index (χ2n) is 7.77. The van der Waals surface area contributed by atoms with Gasteiger partial charge in [0.25, 0.3) is 0 Å². The molecule has 1 aliphatic carbocycles. The zero-order valence-electron chi connectivity index (χ0n) is 15.8. The zero-order valence-corrected chi connectivity index (χ0v) is 16.6.